The molecular formula is C20H21BClN3O2S. The number of nitrogens with zero attached hydrogens (tertiary/aromatic N) is 2. The number of hydrogen-bond donors (Lipinski definition) is 2. The fourth-order valence-corrected chi connectivity index (χ4v) is 4.43. The van der Waals surface area contributed by atoms with Crippen LogP contribution in [-0.2, 0) is 11.1 Å². The maximum absolute atomic E-state index is 9.56. The minimum atomic E-state index is -0.650. The molecule has 1 atom stereocenters. The molecule has 3 aromatic rings. The number of thiophene rings is 1. The normalized spacial score (nSPS) is 16.6. The van der Waals surface area contributed by atoms with Gasteiger partial charge in [-0.05, 0) is 55.9 Å². The molecule has 2 N–H and O–H groups in total. The summed E-state index contributed by atoms with van der Waals surface area (Å²) in [5, 5.41) is 13.0. The summed E-state index contributed by atoms with van der Waals surface area (Å²) in [7, 11) is -0.650. The van der Waals surface area contributed by atoms with E-state index in [2.05, 4.69) is 17.2 Å². The van der Waals surface area contributed by atoms with E-state index in [1.807, 2.05) is 43.3 Å². The molecule has 0 radical (unpaired) electrons. The molecule has 0 saturated carbocycles. The number of anilines is 2. The fourth-order valence-electron chi connectivity index (χ4n) is 3.45. The summed E-state index contributed by atoms with van der Waals surface area (Å²) < 4.78 is 6.25. The number of halogens is 1. The first-order chi connectivity index (χ1) is 13.5. The average molecular weight is 414 g/mol. The molecule has 0 bridgehead atoms. The maximum atomic E-state index is 9.56. The van der Waals surface area contributed by atoms with Gasteiger partial charge in [-0.2, -0.15) is 0 Å². The first kappa shape index (κ1) is 19.4. The van der Waals surface area contributed by atoms with E-state index >= 15 is 0 Å². The minimum Gasteiger partial charge on any atom is -0.427 e. The Bertz CT molecular complexity index is 980. The van der Waals surface area contributed by atoms with E-state index < -0.39 is 7.12 Å². The van der Waals surface area contributed by atoms with Crippen LogP contribution in [0, 0.1) is 6.92 Å². The molecule has 28 heavy (non-hydrogen) atoms. The van der Waals surface area contributed by atoms with Gasteiger partial charge in [0.1, 0.15) is 5.82 Å². The molecule has 2 aromatic heterocycles. The lowest BCUT2D eigenvalue weighted by Gasteiger charge is -2.15. The molecule has 4 rings (SSSR count). The van der Waals surface area contributed by atoms with Gasteiger partial charge in [-0.15, -0.1) is 11.3 Å². The topological polar surface area (TPSA) is 67.3 Å². The molecule has 8 heteroatoms. The number of hydrogen-bond acceptors (Lipinski definition) is 6. The van der Waals surface area contributed by atoms with Crippen molar-refractivity contribution in [3.8, 4) is 10.7 Å². The van der Waals surface area contributed by atoms with E-state index in [9.17, 15) is 5.02 Å². The molecular weight excluding hydrogens is 393 g/mol. The van der Waals surface area contributed by atoms with Crippen molar-refractivity contribution in [1.29, 1.82) is 0 Å². The standard InChI is InChI=1S/C20H21BClN3O2S/c1-3-15-12(2)23-20(17-8-9-18(22)28-17)25-19(15)24-14-6-4-13(5-7-14)16-10-11-21(26)27-16/h4-9,16,26H,3,10-11H2,1-2H3,(H,23,24,25). The first-order valence-corrected chi connectivity index (χ1v) is 10.6. The van der Waals surface area contributed by atoms with E-state index in [0.717, 1.165) is 50.4 Å². The van der Waals surface area contributed by atoms with Crippen LogP contribution in [0.4, 0.5) is 11.5 Å². The zero-order valence-corrected chi connectivity index (χ0v) is 17.3. The quantitative estimate of drug-likeness (QED) is 0.547. The molecule has 1 aliphatic rings. The molecule has 3 heterocycles. The Balaban J connectivity index is 1.60. The number of aryl methyl sites for hydroxylation is 1. The first-order valence-electron chi connectivity index (χ1n) is 9.37. The molecule has 1 aliphatic heterocycles. The van der Waals surface area contributed by atoms with Crippen LogP contribution in [0.15, 0.2) is 36.4 Å². The van der Waals surface area contributed by atoms with Gasteiger partial charge in [0.15, 0.2) is 5.82 Å². The molecule has 0 spiro atoms. The second kappa shape index (κ2) is 8.21. The zero-order chi connectivity index (χ0) is 19.7. The van der Waals surface area contributed by atoms with Gasteiger partial charge in [0.25, 0.3) is 0 Å². The third kappa shape index (κ3) is 4.08. The van der Waals surface area contributed by atoms with E-state index in [1.165, 1.54) is 11.3 Å². The predicted octanol–water partition coefficient (Wildman–Crippen LogP) is 5.41. The van der Waals surface area contributed by atoms with Crippen LogP contribution >= 0.6 is 22.9 Å². The highest BCUT2D eigenvalue weighted by molar-refractivity contribution is 7.19. The summed E-state index contributed by atoms with van der Waals surface area (Å²) in [6.07, 6.45) is 2.32. The molecule has 1 unspecified atom stereocenters. The predicted molar refractivity (Wildman–Crippen MR) is 115 cm³/mol. The highest BCUT2D eigenvalue weighted by atomic mass is 35.5. The summed E-state index contributed by atoms with van der Waals surface area (Å²) >= 11 is 7.55. The second-order valence-corrected chi connectivity index (χ2v) is 8.54. The van der Waals surface area contributed by atoms with Gasteiger partial charge in [-0.1, -0.05) is 30.7 Å². The minimum absolute atomic E-state index is 0.0354. The molecule has 0 amide bonds. The van der Waals surface area contributed by atoms with E-state index in [0.29, 0.717) is 12.1 Å². The van der Waals surface area contributed by atoms with Crippen LogP contribution in [0.1, 0.15) is 36.3 Å². The van der Waals surface area contributed by atoms with Crippen molar-refractivity contribution in [2.45, 2.75) is 39.1 Å². The molecule has 5 nitrogen and oxygen atoms in total. The summed E-state index contributed by atoms with van der Waals surface area (Å²) in [5.74, 6) is 1.49. The Kier molecular flexibility index (Phi) is 5.69. The highest BCUT2D eigenvalue weighted by Crippen LogP contribution is 2.33. The van der Waals surface area contributed by atoms with Gasteiger partial charge in [0.2, 0.25) is 0 Å². The summed E-state index contributed by atoms with van der Waals surface area (Å²) in [5.41, 5.74) is 4.08. The van der Waals surface area contributed by atoms with E-state index in [-0.39, 0.29) is 6.10 Å². The van der Waals surface area contributed by atoms with Crippen molar-refractivity contribution in [2.75, 3.05) is 5.32 Å². The van der Waals surface area contributed by atoms with Crippen molar-refractivity contribution < 1.29 is 9.68 Å². The zero-order valence-electron chi connectivity index (χ0n) is 15.8. The third-order valence-electron chi connectivity index (χ3n) is 4.90. The number of nitrogens with one attached hydrogen (secondary N) is 1. The van der Waals surface area contributed by atoms with Crippen LogP contribution in [0.2, 0.25) is 10.7 Å². The van der Waals surface area contributed by atoms with Crippen molar-refractivity contribution in [1.82, 2.24) is 9.97 Å². The van der Waals surface area contributed by atoms with Gasteiger partial charge in [-0.25, -0.2) is 9.97 Å². The van der Waals surface area contributed by atoms with Crippen LogP contribution in [0.3, 0.4) is 0 Å². The van der Waals surface area contributed by atoms with Gasteiger partial charge < -0.3 is 15.0 Å². The third-order valence-corrected chi connectivity index (χ3v) is 6.13. The van der Waals surface area contributed by atoms with Crippen LogP contribution < -0.4 is 5.32 Å². The van der Waals surface area contributed by atoms with Crippen molar-refractivity contribution >= 4 is 41.6 Å². The molecule has 1 aromatic carbocycles. The lowest BCUT2D eigenvalue weighted by atomic mass is 9.87. The Morgan fingerprint density at radius 1 is 1.25 bits per heavy atom. The van der Waals surface area contributed by atoms with Crippen molar-refractivity contribution in [3.63, 3.8) is 0 Å². The number of aromatic nitrogens is 2. The Morgan fingerprint density at radius 3 is 2.64 bits per heavy atom. The molecule has 144 valence electrons. The Hall–Kier alpha value is -1.93. The lowest BCUT2D eigenvalue weighted by molar-refractivity contribution is 0.204. The number of rotatable bonds is 5. The molecule has 0 aliphatic carbocycles. The average Bonchev–Trinajstić information content (AvgIpc) is 3.31. The molecule has 1 fully saturated rings. The lowest BCUT2D eigenvalue weighted by Crippen LogP contribution is -2.10. The van der Waals surface area contributed by atoms with E-state index in [1.54, 1.807) is 0 Å². The summed E-state index contributed by atoms with van der Waals surface area (Å²) in [6.45, 7) is 4.11. The summed E-state index contributed by atoms with van der Waals surface area (Å²) in [6, 6.07) is 11.9. The van der Waals surface area contributed by atoms with Crippen LogP contribution in [0.25, 0.3) is 10.7 Å². The second-order valence-electron chi connectivity index (χ2n) is 6.82. The van der Waals surface area contributed by atoms with Crippen LogP contribution in [0.5, 0.6) is 0 Å². The smallest absolute Gasteiger partial charge is 0.427 e. The van der Waals surface area contributed by atoms with Gasteiger partial charge in [0, 0.05) is 16.9 Å². The Labute approximate surface area is 173 Å². The van der Waals surface area contributed by atoms with Crippen molar-refractivity contribution in [2.24, 2.45) is 0 Å². The van der Waals surface area contributed by atoms with Crippen molar-refractivity contribution in [3.05, 3.63) is 57.6 Å². The monoisotopic (exact) mass is 413 g/mol. The van der Waals surface area contributed by atoms with Gasteiger partial charge in [-0.3, -0.25) is 0 Å². The van der Waals surface area contributed by atoms with Crippen LogP contribution in [-0.4, -0.2) is 22.1 Å². The largest absolute Gasteiger partial charge is 0.454 e. The van der Waals surface area contributed by atoms with E-state index in [4.69, 9.17) is 21.2 Å². The fraction of sp³-hybridized carbons (Fsp3) is 0.300. The van der Waals surface area contributed by atoms with Gasteiger partial charge in [0.05, 0.1) is 15.3 Å². The summed E-state index contributed by atoms with van der Waals surface area (Å²) in [4.78, 5) is 10.4. The maximum Gasteiger partial charge on any atom is 0.454 e. The highest BCUT2D eigenvalue weighted by Gasteiger charge is 2.29. The SMILES string of the molecule is CCc1c(C)nc(-c2ccc(Cl)s2)nc1Nc1ccc(C2CCB(O)O2)cc1. The van der Waals surface area contributed by atoms with Gasteiger partial charge >= 0.3 is 7.12 Å². The molecule has 1 saturated heterocycles. The Morgan fingerprint density at radius 2 is 2.04 bits per heavy atom. The number of benzene rings is 1.